The maximum absolute atomic E-state index is 12.5. The molecule has 0 saturated carbocycles. The van der Waals surface area contributed by atoms with E-state index in [-0.39, 0.29) is 5.91 Å². The Morgan fingerprint density at radius 1 is 0.966 bits per heavy atom. The van der Waals surface area contributed by atoms with Crippen LogP contribution >= 0.6 is 0 Å². The van der Waals surface area contributed by atoms with E-state index in [9.17, 15) is 4.79 Å². The average molecular weight is 398 g/mol. The first kappa shape index (κ1) is 21.1. The molecule has 6 nitrogen and oxygen atoms in total. The Bertz CT molecular complexity index is 845. The maximum Gasteiger partial charge on any atom is 0.238 e. The number of benzene rings is 2. The summed E-state index contributed by atoms with van der Waals surface area (Å²) in [7, 11) is 3.37. The molecular weight excluding hydrogens is 366 g/mol. The zero-order valence-electron chi connectivity index (χ0n) is 17.8. The molecule has 1 aliphatic rings. The lowest BCUT2D eigenvalue weighted by molar-refractivity contribution is -0.117. The number of hydrogen-bond donors (Lipinski definition) is 1. The minimum Gasteiger partial charge on any atom is -0.497 e. The molecule has 2 aromatic carbocycles. The Morgan fingerprint density at radius 2 is 1.69 bits per heavy atom. The third-order valence-corrected chi connectivity index (χ3v) is 5.38. The average Bonchev–Trinajstić information content (AvgIpc) is 2.72. The number of nitrogens with one attached hydrogen (secondary N) is 1. The van der Waals surface area contributed by atoms with E-state index in [2.05, 4.69) is 21.2 Å². The van der Waals surface area contributed by atoms with Gasteiger partial charge in [-0.05, 0) is 49.2 Å². The van der Waals surface area contributed by atoms with Crippen LogP contribution in [0, 0.1) is 13.8 Å². The molecule has 156 valence electrons. The molecule has 0 radical (unpaired) electrons. The van der Waals surface area contributed by atoms with Gasteiger partial charge in [0.25, 0.3) is 0 Å². The first-order valence-electron chi connectivity index (χ1n) is 10.0. The summed E-state index contributed by atoms with van der Waals surface area (Å²) in [6.07, 6.45) is 0. The van der Waals surface area contributed by atoms with Gasteiger partial charge in [-0.15, -0.1) is 0 Å². The normalized spacial score (nSPS) is 15.2. The van der Waals surface area contributed by atoms with Crippen molar-refractivity contribution in [1.82, 2.24) is 9.80 Å². The second kappa shape index (κ2) is 9.76. The number of rotatable bonds is 7. The standard InChI is InChI=1S/C23H31N3O3/c1-17-5-6-18(2)21(13-17)24-23(27)16-26-11-9-25(10-12-26)15-19-14-20(28-3)7-8-22(19)29-4/h5-8,13-14H,9-12,15-16H2,1-4H3,(H,24,27). The molecule has 0 aromatic heterocycles. The first-order chi connectivity index (χ1) is 14.0. The van der Waals surface area contributed by atoms with Gasteiger partial charge in [-0.25, -0.2) is 0 Å². The van der Waals surface area contributed by atoms with E-state index in [1.54, 1.807) is 14.2 Å². The van der Waals surface area contributed by atoms with Crippen LogP contribution in [-0.4, -0.2) is 62.7 Å². The van der Waals surface area contributed by atoms with E-state index in [1.165, 1.54) is 0 Å². The van der Waals surface area contributed by atoms with Crippen molar-refractivity contribution in [3.8, 4) is 11.5 Å². The molecule has 1 aliphatic heterocycles. The van der Waals surface area contributed by atoms with Crippen LogP contribution in [-0.2, 0) is 11.3 Å². The van der Waals surface area contributed by atoms with Crippen LogP contribution < -0.4 is 14.8 Å². The van der Waals surface area contributed by atoms with Gasteiger partial charge >= 0.3 is 0 Å². The molecule has 1 fully saturated rings. The summed E-state index contributed by atoms with van der Waals surface area (Å²) in [5.74, 6) is 1.75. The number of piperazine rings is 1. The maximum atomic E-state index is 12.5. The van der Waals surface area contributed by atoms with Crippen molar-refractivity contribution in [3.05, 3.63) is 53.1 Å². The third-order valence-electron chi connectivity index (χ3n) is 5.38. The summed E-state index contributed by atoms with van der Waals surface area (Å²) >= 11 is 0. The van der Waals surface area contributed by atoms with E-state index in [0.717, 1.165) is 66.6 Å². The number of nitrogens with zero attached hydrogens (tertiary/aromatic N) is 2. The van der Waals surface area contributed by atoms with Crippen molar-refractivity contribution >= 4 is 11.6 Å². The second-order valence-corrected chi connectivity index (χ2v) is 7.60. The zero-order chi connectivity index (χ0) is 20.8. The second-order valence-electron chi connectivity index (χ2n) is 7.60. The fourth-order valence-corrected chi connectivity index (χ4v) is 3.62. The number of hydrogen-bond acceptors (Lipinski definition) is 5. The lowest BCUT2D eigenvalue weighted by atomic mass is 10.1. The molecule has 1 saturated heterocycles. The van der Waals surface area contributed by atoms with Crippen molar-refractivity contribution < 1.29 is 14.3 Å². The lowest BCUT2D eigenvalue weighted by Gasteiger charge is -2.34. The number of amides is 1. The number of carbonyl (C=O) groups is 1. The summed E-state index contributed by atoms with van der Waals surface area (Å²) in [6.45, 7) is 8.84. The predicted molar refractivity (Wildman–Crippen MR) is 116 cm³/mol. The first-order valence-corrected chi connectivity index (χ1v) is 10.0. The highest BCUT2D eigenvalue weighted by Crippen LogP contribution is 2.25. The molecule has 0 bridgehead atoms. The minimum atomic E-state index is 0.0432. The smallest absolute Gasteiger partial charge is 0.238 e. The van der Waals surface area contributed by atoms with Gasteiger partial charge in [0.15, 0.2) is 0 Å². The van der Waals surface area contributed by atoms with Crippen LogP contribution in [0.25, 0.3) is 0 Å². The Morgan fingerprint density at radius 3 is 2.38 bits per heavy atom. The minimum absolute atomic E-state index is 0.0432. The number of ether oxygens (including phenoxy) is 2. The SMILES string of the molecule is COc1ccc(OC)c(CN2CCN(CC(=O)Nc3cc(C)ccc3C)CC2)c1. The fraction of sp³-hybridized carbons (Fsp3) is 0.435. The molecule has 29 heavy (non-hydrogen) atoms. The Labute approximate surface area is 173 Å². The number of carbonyl (C=O) groups excluding carboxylic acids is 1. The highest BCUT2D eigenvalue weighted by atomic mass is 16.5. The van der Waals surface area contributed by atoms with Gasteiger partial charge in [0.1, 0.15) is 11.5 Å². The summed E-state index contributed by atoms with van der Waals surface area (Å²) in [5.41, 5.74) is 4.25. The van der Waals surface area contributed by atoms with Crippen molar-refractivity contribution in [2.75, 3.05) is 52.3 Å². The summed E-state index contributed by atoms with van der Waals surface area (Å²) in [6, 6.07) is 12.0. The molecule has 3 rings (SSSR count). The highest BCUT2D eigenvalue weighted by Gasteiger charge is 2.20. The van der Waals surface area contributed by atoms with Gasteiger partial charge in [0.2, 0.25) is 5.91 Å². The Kier molecular flexibility index (Phi) is 7.12. The Balaban J connectivity index is 1.50. The van der Waals surface area contributed by atoms with Crippen molar-refractivity contribution in [3.63, 3.8) is 0 Å². The quantitative estimate of drug-likeness (QED) is 0.778. The fourth-order valence-electron chi connectivity index (χ4n) is 3.62. The summed E-state index contributed by atoms with van der Waals surface area (Å²) in [4.78, 5) is 17.1. The van der Waals surface area contributed by atoms with Crippen LogP contribution in [0.1, 0.15) is 16.7 Å². The molecule has 0 spiro atoms. The molecular formula is C23H31N3O3. The van der Waals surface area contributed by atoms with Gasteiger partial charge in [-0.3, -0.25) is 14.6 Å². The number of anilines is 1. The van der Waals surface area contributed by atoms with E-state index >= 15 is 0 Å². The van der Waals surface area contributed by atoms with Crippen LogP contribution in [0.3, 0.4) is 0 Å². The van der Waals surface area contributed by atoms with E-state index in [0.29, 0.717) is 6.54 Å². The van der Waals surface area contributed by atoms with Crippen LogP contribution in [0.2, 0.25) is 0 Å². The zero-order valence-corrected chi connectivity index (χ0v) is 17.8. The molecule has 1 heterocycles. The molecule has 6 heteroatoms. The molecule has 0 unspecified atom stereocenters. The third kappa shape index (κ3) is 5.71. The molecule has 1 amide bonds. The van der Waals surface area contributed by atoms with Gasteiger partial charge < -0.3 is 14.8 Å². The van der Waals surface area contributed by atoms with Gasteiger partial charge in [-0.1, -0.05) is 12.1 Å². The van der Waals surface area contributed by atoms with Crippen LogP contribution in [0.15, 0.2) is 36.4 Å². The summed E-state index contributed by atoms with van der Waals surface area (Å²) < 4.78 is 10.8. The highest BCUT2D eigenvalue weighted by molar-refractivity contribution is 5.93. The molecule has 0 atom stereocenters. The van der Waals surface area contributed by atoms with E-state index < -0.39 is 0 Å². The Hall–Kier alpha value is -2.57. The lowest BCUT2D eigenvalue weighted by Crippen LogP contribution is -2.48. The molecule has 1 N–H and O–H groups in total. The van der Waals surface area contributed by atoms with Gasteiger partial charge in [-0.2, -0.15) is 0 Å². The predicted octanol–water partition coefficient (Wildman–Crippen LogP) is 3.08. The summed E-state index contributed by atoms with van der Waals surface area (Å²) in [5, 5.41) is 3.05. The monoisotopic (exact) mass is 397 g/mol. The van der Waals surface area contributed by atoms with Crippen molar-refractivity contribution in [1.29, 1.82) is 0 Å². The van der Waals surface area contributed by atoms with E-state index in [4.69, 9.17) is 9.47 Å². The molecule has 2 aromatic rings. The van der Waals surface area contributed by atoms with Crippen molar-refractivity contribution in [2.24, 2.45) is 0 Å². The number of aryl methyl sites for hydroxylation is 2. The van der Waals surface area contributed by atoms with Crippen LogP contribution in [0.4, 0.5) is 5.69 Å². The largest absolute Gasteiger partial charge is 0.497 e. The van der Waals surface area contributed by atoms with Gasteiger partial charge in [0, 0.05) is 44.0 Å². The molecule has 0 aliphatic carbocycles. The van der Waals surface area contributed by atoms with Crippen LogP contribution in [0.5, 0.6) is 11.5 Å². The number of methoxy groups -OCH3 is 2. The van der Waals surface area contributed by atoms with E-state index in [1.807, 2.05) is 44.2 Å². The van der Waals surface area contributed by atoms with Gasteiger partial charge in [0.05, 0.1) is 20.8 Å². The topological polar surface area (TPSA) is 54.0 Å². The van der Waals surface area contributed by atoms with Crippen molar-refractivity contribution in [2.45, 2.75) is 20.4 Å².